The highest BCUT2D eigenvalue weighted by Gasteiger charge is 2.39. The topological polar surface area (TPSA) is 72.9 Å². The zero-order chi connectivity index (χ0) is 17.8. The lowest BCUT2D eigenvalue weighted by molar-refractivity contribution is -0.147. The molecule has 1 atom stereocenters. The van der Waals surface area contributed by atoms with Crippen molar-refractivity contribution in [2.75, 3.05) is 20.3 Å². The number of Topliss-reactive ketones (excluding diaryl/α,β-unsaturated/α-hetero) is 1. The van der Waals surface area contributed by atoms with Crippen LogP contribution in [0.5, 0.6) is 5.75 Å². The molecule has 6 nitrogen and oxygen atoms in total. The number of nitrogens with zero attached hydrogens (tertiary/aromatic N) is 1. The third kappa shape index (κ3) is 3.83. The van der Waals surface area contributed by atoms with Gasteiger partial charge in [0.1, 0.15) is 5.75 Å². The Morgan fingerprint density at radius 1 is 1.20 bits per heavy atom. The molecule has 0 unspecified atom stereocenters. The van der Waals surface area contributed by atoms with Gasteiger partial charge >= 0.3 is 5.97 Å². The fourth-order valence-corrected chi connectivity index (χ4v) is 3.67. The minimum absolute atomic E-state index is 0.0184. The van der Waals surface area contributed by atoms with E-state index in [0.29, 0.717) is 17.9 Å². The maximum atomic E-state index is 12.3. The maximum Gasteiger partial charge on any atom is 0.311 e. The van der Waals surface area contributed by atoms with Gasteiger partial charge in [-0.25, -0.2) is 0 Å². The first-order valence-electron chi connectivity index (χ1n) is 8.72. The second-order valence-electron chi connectivity index (χ2n) is 6.62. The normalized spacial score (nSPS) is 20.8. The summed E-state index contributed by atoms with van der Waals surface area (Å²) in [7, 11) is 1.49. The molecule has 0 N–H and O–H groups in total. The van der Waals surface area contributed by atoms with Crippen LogP contribution in [0.2, 0.25) is 0 Å². The Morgan fingerprint density at radius 2 is 1.92 bits per heavy atom. The summed E-state index contributed by atoms with van der Waals surface area (Å²) in [5.74, 6) is -0.796. The molecule has 1 saturated heterocycles. The molecule has 2 fully saturated rings. The average Bonchev–Trinajstić information content (AvgIpc) is 3.28. The molecule has 1 amide bonds. The molecule has 0 aromatic heterocycles. The largest absolute Gasteiger partial charge is 0.496 e. The van der Waals surface area contributed by atoms with Crippen LogP contribution < -0.4 is 4.74 Å². The summed E-state index contributed by atoms with van der Waals surface area (Å²) in [6.45, 7) is 0.0680. The summed E-state index contributed by atoms with van der Waals surface area (Å²) >= 11 is 0. The summed E-state index contributed by atoms with van der Waals surface area (Å²) in [4.78, 5) is 38.5. The van der Waals surface area contributed by atoms with Gasteiger partial charge in [-0.1, -0.05) is 25.0 Å². The fraction of sp³-hybridized carbons (Fsp3) is 0.526. The van der Waals surface area contributed by atoms with Gasteiger partial charge in [0.25, 0.3) is 0 Å². The number of esters is 1. The lowest BCUT2D eigenvalue weighted by Gasteiger charge is -2.23. The van der Waals surface area contributed by atoms with E-state index in [9.17, 15) is 14.4 Å². The molecule has 25 heavy (non-hydrogen) atoms. The highest BCUT2D eigenvalue weighted by atomic mass is 16.5. The Morgan fingerprint density at radius 3 is 2.64 bits per heavy atom. The zero-order valence-electron chi connectivity index (χ0n) is 14.4. The standard InChI is InChI=1S/C19H23NO5/c1-24-17-9-5-4-8-15(17)16(21)12-25-19(23)13-10-18(22)20(11-13)14-6-2-3-7-14/h4-5,8-9,13-14H,2-3,6-7,10-12H2,1H3/t13-/m0/s1. The van der Waals surface area contributed by atoms with Gasteiger partial charge in [0.2, 0.25) is 11.7 Å². The molecule has 0 radical (unpaired) electrons. The second kappa shape index (κ2) is 7.68. The van der Waals surface area contributed by atoms with Crippen molar-refractivity contribution < 1.29 is 23.9 Å². The number of likely N-dealkylation sites (tertiary alicyclic amines) is 1. The van der Waals surface area contributed by atoms with Crippen LogP contribution in [0.1, 0.15) is 42.5 Å². The van der Waals surface area contributed by atoms with Gasteiger partial charge in [0.15, 0.2) is 6.61 Å². The number of carbonyl (C=O) groups is 3. The number of rotatable bonds is 6. The number of ether oxygens (including phenoxy) is 2. The van der Waals surface area contributed by atoms with Crippen LogP contribution in [0.3, 0.4) is 0 Å². The van der Waals surface area contributed by atoms with E-state index in [-0.39, 0.29) is 30.8 Å². The molecule has 1 aromatic carbocycles. The number of ketones is 1. The third-order valence-electron chi connectivity index (χ3n) is 5.01. The molecule has 1 aromatic rings. The number of methoxy groups -OCH3 is 1. The van der Waals surface area contributed by atoms with Gasteiger partial charge < -0.3 is 14.4 Å². The fourth-order valence-electron chi connectivity index (χ4n) is 3.67. The summed E-state index contributed by atoms with van der Waals surface area (Å²) in [6.07, 6.45) is 4.48. The van der Waals surface area contributed by atoms with Crippen molar-refractivity contribution in [3.05, 3.63) is 29.8 Å². The lowest BCUT2D eigenvalue weighted by atomic mass is 10.1. The quantitative estimate of drug-likeness (QED) is 0.584. The van der Waals surface area contributed by atoms with E-state index < -0.39 is 11.9 Å². The van der Waals surface area contributed by atoms with Crippen molar-refractivity contribution in [3.63, 3.8) is 0 Å². The van der Waals surface area contributed by atoms with Crippen molar-refractivity contribution in [3.8, 4) is 5.75 Å². The Hall–Kier alpha value is -2.37. The van der Waals surface area contributed by atoms with E-state index in [1.165, 1.54) is 7.11 Å². The first-order valence-corrected chi connectivity index (χ1v) is 8.72. The summed E-state index contributed by atoms with van der Waals surface area (Å²) in [5, 5.41) is 0. The smallest absolute Gasteiger partial charge is 0.311 e. The first-order chi connectivity index (χ1) is 12.1. The zero-order valence-corrected chi connectivity index (χ0v) is 14.4. The number of hydrogen-bond donors (Lipinski definition) is 0. The molecular weight excluding hydrogens is 322 g/mol. The van der Waals surface area contributed by atoms with Crippen LogP contribution in [0.15, 0.2) is 24.3 Å². The van der Waals surface area contributed by atoms with Crippen LogP contribution in [0.4, 0.5) is 0 Å². The van der Waals surface area contributed by atoms with E-state index in [4.69, 9.17) is 9.47 Å². The number of benzene rings is 1. The summed E-state index contributed by atoms with van der Waals surface area (Å²) < 4.78 is 10.3. The van der Waals surface area contributed by atoms with Crippen molar-refractivity contribution >= 4 is 17.7 Å². The van der Waals surface area contributed by atoms with E-state index in [0.717, 1.165) is 25.7 Å². The Balaban J connectivity index is 1.54. The minimum Gasteiger partial charge on any atom is -0.496 e. The average molecular weight is 345 g/mol. The number of hydrogen-bond acceptors (Lipinski definition) is 5. The number of amides is 1. The SMILES string of the molecule is COc1ccccc1C(=O)COC(=O)[C@H]1CC(=O)N(C2CCCC2)C1. The van der Waals surface area contributed by atoms with E-state index >= 15 is 0 Å². The molecule has 6 heteroatoms. The molecule has 1 saturated carbocycles. The Labute approximate surface area is 147 Å². The molecular formula is C19H23NO5. The molecule has 0 spiro atoms. The van der Waals surface area contributed by atoms with Crippen LogP contribution in [0, 0.1) is 5.92 Å². The lowest BCUT2D eigenvalue weighted by Crippen LogP contribution is -2.35. The van der Waals surface area contributed by atoms with Gasteiger partial charge in [0.05, 0.1) is 18.6 Å². The molecule has 0 bridgehead atoms. The predicted octanol–water partition coefficient (Wildman–Crippen LogP) is 2.21. The van der Waals surface area contributed by atoms with Crippen LogP contribution in [-0.2, 0) is 14.3 Å². The Kier molecular flexibility index (Phi) is 5.36. The third-order valence-corrected chi connectivity index (χ3v) is 5.01. The first kappa shape index (κ1) is 17.5. The van der Waals surface area contributed by atoms with Crippen molar-refractivity contribution in [1.29, 1.82) is 0 Å². The predicted molar refractivity (Wildman–Crippen MR) is 90.4 cm³/mol. The van der Waals surface area contributed by atoms with Gasteiger partial charge in [-0.05, 0) is 25.0 Å². The Bertz CT molecular complexity index is 666. The van der Waals surface area contributed by atoms with E-state index in [2.05, 4.69) is 0 Å². The van der Waals surface area contributed by atoms with Crippen molar-refractivity contribution in [2.24, 2.45) is 5.92 Å². The molecule has 134 valence electrons. The summed E-state index contributed by atoms with van der Waals surface area (Å²) in [6, 6.07) is 7.08. The van der Waals surface area contributed by atoms with Gasteiger partial charge in [-0.15, -0.1) is 0 Å². The van der Waals surface area contributed by atoms with Gasteiger partial charge in [-0.2, -0.15) is 0 Å². The van der Waals surface area contributed by atoms with Crippen LogP contribution in [-0.4, -0.2) is 48.9 Å². The second-order valence-corrected chi connectivity index (χ2v) is 6.62. The van der Waals surface area contributed by atoms with Crippen molar-refractivity contribution in [1.82, 2.24) is 4.90 Å². The van der Waals surface area contributed by atoms with Crippen molar-refractivity contribution in [2.45, 2.75) is 38.1 Å². The molecule has 1 aliphatic carbocycles. The number of carbonyl (C=O) groups excluding carboxylic acids is 3. The highest BCUT2D eigenvalue weighted by molar-refractivity contribution is 6.00. The molecule has 3 rings (SSSR count). The monoisotopic (exact) mass is 345 g/mol. The van der Waals surface area contributed by atoms with Crippen LogP contribution in [0.25, 0.3) is 0 Å². The molecule has 2 aliphatic rings. The van der Waals surface area contributed by atoms with Gasteiger partial charge in [0, 0.05) is 19.0 Å². The molecule has 1 aliphatic heterocycles. The number of para-hydroxylation sites is 1. The van der Waals surface area contributed by atoms with E-state index in [1.54, 1.807) is 24.3 Å². The highest BCUT2D eigenvalue weighted by Crippen LogP contribution is 2.30. The van der Waals surface area contributed by atoms with E-state index in [1.807, 2.05) is 4.90 Å². The minimum atomic E-state index is -0.475. The van der Waals surface area contributed by atoms with Crippen LogP contribution >= 0.6 is 0 Å². The summed E-state index contributed by atoms with van der Waals surface area (Å²) in [5.41, 5.74) is 0.382. The van der Waals surface area contributed by atoms with Gasteiger partial charge in [-0.3, -0.25) is 14.4 Å². The maximum absolute atomic E-state index is 12.3. The molecule has 1 heterocycles.